The molecule has 0 fully saturated rings. The molecular formula is C19H24N4O2S. The van der Waals surface area contributed by atoms with E-state index >= 15 is 0 Å². The van der Waals surface area contributed by atoms with Crippen LogP contribution >= 0.6 is 11.8 Å². The van der Waals surface area contributed by atoms with Gasteiger partial charge in [0.1, 0.15) is 5.75 Å². The van der Waals surface area contributed by atoms with Crippen LogP contribution in [-0.2, 0) is 4.79 Å². The second-order valence-corrected chi connectivity index (χ2v) is 6.73. The SMILES string of the molecule is CCCCOc1ccc(/C=N\NC(=O)CSc2nc(C)cc(C)n2)cc1. The topological polar surface area (TPSA) is 76.5 Å². The van der Waals surface area contributed by atoms with Gasteiger partial charge in [-0.2, -0.15) is 5.10 Å². The molecule has 1 aromatic heterocycles. The number of rotatable bonds is 9. The summed E-state index contributed by atoms with van der Waals surface area (Å²) in [6.07, 6.45) is 3.75. The largest absolute Gasteiger partial charge is 0.494 e. The molecule has 138 valence electrons. The molecule has 2 aromatic rings. The van der Waals surface area contributed by atoms with Crippen molar-refractivity contribution in [2.24, 2.45) is 5.10 Å². The molecule has 0 saturated carbocycles. The zero-order valence-electron chi connectivity index (χ0n) is 15.4. The number of aryl methyl sites for hydroxylation is 2. The van der Waals surface area contributed by atoms with Crippen LogP contribution in [0, 0.1) is 13.8 Å². The highest BCUT2D eigenvalue weighted by Crippen LogP contribution is 2.14. The number of hydrogen-bond donors (Lipinski definition) is 1. The normalized spacial score (nSPS) is 10.9. The number of hydrazone groups is 1. The number of nitrogens with zero attached hydrogens (tertiary/aromatic N) is 3. The minimum absolute atomic E-state index is 0.200. The smallest absolute Gasteiger partial charge is 0.250 e. The van der Waals surface area contributed by atoms with Crippen molar-refractivity contribution in [1.29, 1.82) is 0 Å². The number of carbonyl (C=O) groups is 1. The lowest BCUT2D eigenvalue weighted by Crippen LogP contribution is -2.19. The number of thioether (sulfide) groups is 1. The summed E-state index contributed by atoms with van der Waals surface area (Å²) in [4.78, 5) is 20.4. The van der Waals surface area contributed by atoms with Crippen LogP contribution in [0.1, 0.15) is 36.7 Å². The summed E-state index contributed by atoms with van der Waals surface area (Å²) in [5.41, 5.74) is 5.18. The number of ether oxygens (including phenoxy) is 1. The average molecular weight is 372 g/mol. The first-order chi connectivity index (χ1) is 12.6. The van der Waals surface area contributed by atoms with Gasteiger partial charge in [-0.05, 0) is 56.2 Å². The fraction of sp³-hybridized carbons (Fsp3) is 0.368. The molecule has 0 aliphatic rings. The van der Waals surface area contributed by atoms with Gasteiger partial charge >= 0.3 is 0 Å². The van der Waals surface area contributed by atoms with Gasteiger partial charge in [0.2, 0.25) is 0 Å². The Labute approximate surface area is 158 Å². The molecule has 7 heteroatoms. The van der Waals surface area contributed by atoms with Crippen molar-refractivity contribution in [3.63, 3.8) is 0 Å². The first kappa shape index (κ1) is 19.9. The Morgan fingerprint density at radius 2 is 1.92 bits per heavy atom. The van der Waals surface area contributed by atoms with E-state index in [0.717, 1.165) is 42.1 Å². The molecule has 0 unspecified atom stereocenters. The van der Waals surface area contributed by atoms with E-state index in [4.69, 9.17) is 4.74 Å². The van der Waals surface area contributed by atoms with E-state index in [9.17, 15) is 4.79 Å². The third-order valence-corrected chi connectivity index (χ3v) is 4.19. The standard InChI is InChI=1S/C19H24N4O2S/c1-4-5-10-25-17-8-6-16(7-9-17)12-20-23-18(24)13-26-19-21-14(2)11-15(3)22-19/h6-9,11-12H,4-5,10,13H2,1-3H3,(H,23,24)/b20-12-. The Balaban J connectivity index is 1.75. The first-order valence-electron chi connectivity index (χ1n) is 8.56. The lowest BCUT2D eigenvalue weighted by molar-refractivity contribution is -0.118. The molecule has 0 aliphatic carbocycles. The van der Waals surface area contributed by atoms with Crippen molar-refractivity contribution >= 4 is 23.9 Å². The fourth-order valence-corrected chi connectivity index (χ4v) is 2.83. The maximum Gasteiger partial charge on any atom is 0.250 e. The average Bonchev–Trinajstić information content (AvgIpc) is 2.61. The van der Waals surface area contributed by atoms with E-state index in [0.29, 0.717) is 5.16 Å². The Morgan fingerprint density at radius 1 is 1.23 bits per heavy atom. The number of unbranched alkanes of at least 4 members (excludes halogenated alkanes) is 1. The first-order valence-corrected chi connectivity index (χ1v) is 9.55. The minimum Gasteiger partial charge on any atom is -0.494 e. The summed E-state index contributed by atoms with van der Waals surface area (Å²) >= 11 is 1.29. The monoisotopic (exact) mass is 372 g/mol. The number of amides is 1. The van der Waals surface area contributed by atoms with Gasteiger partial charge in [-0.3, -0.25) is 4.79 Å². The number of aromatic nitrogens is 2. The minimum atomic E-state index is -0.200. The van der Waals surface area contributed by atoms with Crippen LogP contribution in [0.15, 0.2) is 40.6 Å². The van der Waals surface area contributed by atoms with Crippen molar-refractivity contribution in [3.8, 4) is 5.75 Å². The van der Waals surface area contributed by atoms with Crippen LogP contribution in [-0.4, -0.2) is 34.4 Å². The fourth-order valence-electron chi connectivity index (χ4n) is 2.08. The highest BCUT2D eigenvalue weighted by atomic mass is 32.2. The van der Waals surface area contributed by atoms with Gasteiger partial charge in [-0.1, -0.05) is 25.1 Å². The van der Waals surface area contributed by atoms with E-state index in [2.05, 4.69) is 27.4 Å². The molecule has 0 bridgehead atoms. The third kappa shape index (κ3) is 7.23. The van der Waals surface area contributed by atoms with E-state index in [1.54, 1.807) is 6.21 Å². The molecule has 1 aromatic carbocycles. The maximum absolute atomic E-state index is 11.9. The molecule has 0 spiro atoms. The number of carbonyl (C=O) groups excluding carboxylic acids is 1. The van der Waals surface area contributed by atoms with Crippen LogP contribution in [0.4, 0.5) is 0 Å². The number of benzene rings is 1. The molecule has 0 radical (unpaired) electrons. The quantitative estimate of drug-likeness (QED) is 0.240. The molecule has 1 N–H and O–H groups in total. The Bertz CT molecular complexity index is 727. The highest BCUT2D eigenvalue weighted by Gasteiger charge is 2.05. The molecule has 0 aliphatic heterocycles. The third-order valence-electron chi connectivity index (χ3n) is 3.34. The predicted octanol–water partition coefficient (Wildman–Crippen LogP) is 3.51. The summed E-state index contributed by atoms with van der Waals surface area (Å²) in [6.45, 7) is 6.67. The summed E-state index contributed by atoms with van der Waals surface area (Å²) < 4.78 is 5.61. The number of nitrogens with one attached hydrogen (secondary N) is 1. The maximum atomic E-state index is 11.9. The highest BCUT2D eigenvalue weighted by molar-refractivity contribution is 7.99. The van der Waals surface area contributed by atoms with E-state index in [1.165, 1.54) is 11.8 Å². The van der Waals surface area contributed by atoms with Crippen LogP contribution in [0.25, 0.3) is 0 Å². The van der Waals surface area contributed by atoms with Gasteiger partial charge in [0.05, 0.1) is 18.6 Å². The Hall–Kier alpha value is -2.41. The van der Waals surface area contributed by atoms with E-state index < -0.39 is 0 Å². The summed E-state index contributed by atoms with van der Waals surface area (Å²) in [5, 5.41) is 4.57. The van der Waals surface area contributed by atoms with Gasteiger partial charge in [0.25, 0.3) is 5.91 Å². The second-order valence-electron chi connectivity index (χ2n) is 5.79. The molecule has 6 nitrogen and oxygen atoms in total. The molecule has 1 amide bonds. The predicted molar refractivity (Wildman–Crippen MR) is 105 cm³/mol. The lowest BCUT2D eigenvalue weighted by atomic mass is 10.2. The molecular weight excluding hydrogens is 348 g/mol. The van der Waals surface area contributed by atoms with Crippen molar-refractivity contribution in [2.45, 2.75) is 38.8 Å². The zero-order valence-corrected chi connectivity index (χ0v) is 16.2. The molecule has 0 saturated heterocycles. The molecule has 0 atom stereocenters. The summed E-state index contributed by atoms with van der Waals surface area (Å²) in [6, 6.07) is 9.48. The van der Waals surface area contributed by atoms with Crippen molar-refractivity contribution in [2.75, 3.05) is 12.4 Å². The van der Waals surface area contributed by atoms with Gasteiger partial charge in [0, 0.05) is 11.4 Å². The Kier molecular flexibility index (Phi) is 8.08. The summed E-state index contributed by atoms with van der Waals surface area (Å²) in [7, 11) is 0. The molecule has 1 heterocycles. The van der Waals surface area contributed by atoms with Crippen LogP contribution in [0.2, 0.25) is 0 Å². The van der Waals surface area contributed by atoms with Gasteiger partial charge in [0.15, 0.2) is 5.16 Å². The Morgan fingerprint density at radius 3 is 2.58 bits per heavy atom. The summed E-state index contributed by atoms with van der Waals surface area (Å²) in [5.74, 6) is 0.850. The van der Waals surface area contributed by atoms with Gasteiger partial charge in [-0.25, -0.2) is 15.4 Å². The van der Waals surface area contributed by atoms with Crippen LogP contribution < -0.4 is 10.2 Å². The van der Waals surface area contributed by atoms with Crippen molar-refractivity contribution in [1.82, 2.24) is 15.4 Å². The van der Waals surface area contributed by atoms with Crippen LogP contribution in [0.3, 0.4) is 0 Å². The molecule has 26 heavy (non-hydrogen) atoms. The van der Waals surface area contributed by atoms with Gasteiger partial charge < -0.3 is 4.74 Å². The second kappa shape index (κ2) is 10.6. The van der Waals surface area contributed by atoms with Crippen molar-refractivity contribution < 1.29 is 9.53 Å². The van der Waals surface area contributed by atoms with Gasteiger partial charge in [-0.15, -0.1) is 0 Å². The molecule has 2 rings (SSSR count). The van der Waals surface area contributed by atoms with Crippen LogP contribution in [0.5, 0.6) is 5.75 Å². The number of hydrogen-bond acceptors (Lipinski definition) is 6. The van der Waals surface area contributed by atoms with Crippen molar-refractivity contribution in [3.05, 3.63) is 47.3 Å². The van der Waals surface area contributed by atoms with E-state index in [-0.39, 0.29) is 11.7 Å². The zero-order chi connectivity index (χ0) is 18.8. The lowest BCUT2D eigenvalue weighted by Gasteiger charge is -2.05. The van der Waals surface area contributed by atoms with E-state index in [1.807, 2.05) is 44.2 Å².